The molecule has 1 aliphatic rings. The topological polar surface area (TPSA) is 55.8 Å². The van der Waals surface area contributed by atoms with Gasteiger partial charge in [-0.2, -0.15) is 0 Å². The molecule has 4 nitrogen and oxygen atoms in total. The molecule has 0 aliphatic carbocycles. The minimum atomic E-state index is -0.408. The Labute approximate surface area is 71.5 Å². The van der Waals surface area contributed by atoms with Gasteiger partial charge in [0.15, 0.2) is 0 Å². The van der Waals surface area contributed by atoms with Crippen molar-refractivity contribution in [2.45, 2.75) is 18.9 Å². The van der Waals surface area contributed by atoms with Crippen LogP contribution >= 0.6 is 0 Å². The first-order valence-corrected chi connectivity index (χ1v) is 4.06. The average molecular weight is 174 g/mol. The Kier molecular flexibility index (Phi) is 3.49. The highest BCUT2D eigenvalue weighted by Crippen LogP contribution is 2.18. The SMILES string of the molecule is COC(=O)CC[C@H]1COC[C@@H]1O. The standard InChI is InChI=1S/C8H14O4/c1-11-8(10)3-2-6-4-12-5-7(6)9/h6-7,9H,2-5H2,1H3/t6-,7-/m0/s1. The molecule has 0 aromatic rings. The molecule has 0 bridgehead atoms. The number of aliphatic hydroxyl groups excluding tert-OH is 1. The van der Waals surface area contributed by atoms with E-state index in [1.807, 2.05) is 0 Å². The molecular formula is C8H14O4. The summed E-state index contributed by atoms with van der Waals surface area (Å²) in [4.78, 5) is 10.7. The Balaban J connectivity index is 2.18. The van der Waals surface area contributed by atoms with Crippen LogP contribution in [0.3, 0.4) is 0 Å². The van der Waals surface area contributed by atoms with Gasteiger partial charge in [-0.15, -0.1) is 0 Å². The van der Waals surface area contributed by atoms with Crippen molar-refractivity contribution >= 4 is 5.97 Å². The van der Waals surface area contributed by atoms with Gasteiger partial charge in [-0.25, -0.2) is 0 Å². The fourth-order valence-electron chi connectivity index (χ4n) is 1.27. The minimum Gasteiger partial charge on any atom is -0.469 e. The van der Waals surface area contributed by atoms with E-state index in [-0.39, 0.29) is 11.9 Å². The first-order chi connectivity index (χ1) is 5.74. The molecule has 0 spiro atoms. The summed E-state index contributed by atoms with van der Waals surface area (Å²) < 4.78 is 9.52. The van der Waals surface area contributed by atoms with E-state index in [1.165, 1.54) is 7.11 Å². The van der Waals surface area contributed by atoms with Crippen LogP contribution in [0.5, 0.6) is 0 Å². The molecule has 0 unspecified atom stereocenters. The number of methoxy groups -OCH3 is 1. The predicted molar refractivity (Wildman–Crippen MR) is 41.6 cm³/mol. The molecule has 2 atom stereocenters. The molecule has 0 radical (unpaired) electrons. The molecule has 0 aromatic carbocycles. The van der Waals surface area contributed by atoms with Crippen LogP contribution in [0.1, 0.15) is 12.8 Å². The van der Waals surface area contributed by atoms with Crippen molar-refractivity contribution in [3.05, 3.63) is 0 Å². The molecular weight excluding hydrogens is 160 g/mol. The van der Waals surface area contributed by atoms with Crippen LogP contribution in [-0.4, -0.2) is 37.5 Å². The van der Waals surface area contributed by atoms with E-state index in [9.17, 15) is 9.90 Å². The third-order valence-electron chi connectivity index (χ3n) is 2.11. The second-order valence-corrected chi connectivity index (χ2v) is 2.98. The summed E-state index contributed by atoms with van der Waals surface area (Å²) in [6, 6.07) is 0. The summed E-state index contributed by atoms with van der Waals surface area (Å²) >= 11 is 0. The Hall–Kier alpha value is -0.610. The van der Waals surface area contributed by atoms with Gasteiger partial charge in [-0.05, 0) is 6.42 Å². The van der Waals surface area contributed by atoms with Gasteiger partial charge in [0.2, 0.25) is 0 Å². The van der Waals surface area contributed by atoms with E-state index < -0.39 is 6.10 Å². The number of carbonyl (C=O) groups is 1. The normalized spacial score (nSPS) is 28.8. The van der Waals surface area contributed by atoms with Gasteiger partial charge in [0, 0.05) is 12.3 Å². The first kappa shape index (κ1) is 9.48. The van der Waals surface area contributed by atoms with E-state index >= 15 is 0 Å². The van der Waals surface area contributed by atoms with Gasteiger partial charge < -0.3 is 14.6 Å². The molecule has 1 N–H and O–H groups in total. The maximum Gasteiger partial charge on any atom is 0.305 e. The van der Waals surface area contributed by atoms with Crippen molar-refractivity contribution in [3.63, 3.8) is 0 Å². The fourth-order valence-corrected chi connectivity index (χ4v) is 1.27. The van der Waals surface area contributed by atoms with E-state index in [4.69, 9.17) is 4.74 Å². The Bertz CT molecular complexity index is 157. The number of carbonyl (C=O) groups excluding carboxylic acids is 1. The second kappa shape index (κ2) is 4.42. The smallest absolute Gasteiger partial charge is 0.305 e. The van der Waals surface area contributed by atoms with Crippen LogP contribution in [0.2, 0.25) is 0 Å². The number of ether oxygens (including phenoxy) is 2. The monoisotopic (exact) mass is 174 g/mol. The van der Waals surface area contributed by atoms with E-state index in [2.05, 4.69) is 4.74 Å². The fraction of sp³-hybridized carbons (Fsp3) is 0.875. The molecule has 4 heteroatoms. The highest BCUT2D eigenvalue weighted by Gasteiger charge is 2.26. The average Bonchev–Trinajstić information content (AvgIpc) is 2.47. The third-order valence-corrected chi connectivity index (χ3v) is 2.11. The lowest BCUT2D eigenvalue weighted by Crippen LogP contribution is -2.18. The quantitative estimate of drug-likeness (QED) is 0.609. The Morgan fingerprint density at radius 1 is 1.67 bits per heavy atom. The second-order valence-electron chi connectivity index (χ2n) is 2.98. The van der Waals surface area contributed by atoms with Crippen molar-refractivity contribution < 1.29 is 19.4 Å². The Morgan fingerprint density at radius 2 is 2.42 bits per heavy atom. The summed E-state index contributed by atoms with van der Waals surface area (Å²) in [6.07, 6.45) is 0.602. The van der Waals surface area contributed by atoms with E-state index in [0.29, 0.717) is 26.1 Å². The van der Waals surface area contributed by atoms with Crippen molar-refractivity contribution in [1.29, 1.82) is 0 Å². The Morgan fingerprint density at radius 3 is 2.92 bits per heavy atom. The molecule has 70 valence electrons. The number of rotatable bonds is 3. The molecule has 1 heterocycles. The summed E-state index contributed by atoms with van der Waals surface area (Å²) in [5.41, 5.74) is 0. The highest BCUT2D eigenvalue weighted by atomic mass is 16.5. The van der Waals surface area contributed by atoms with Gasteiger partial charge in [-0.1, -0.05) is 0 Å². The lowest BCUT2D eigenvalue weighted by atomic mass is 10.0. The molecule has 1 saturated heterocycles. The van der Waals surface area contributed by atoms with Crippen LogP contribution < -0.4 is 0 Å². The number of hydrogen-bond donors (Lipinski definition) is 1. The molecule has 0 aromatic heterocycles. The van der Waals surface area contributed by atoms with E-state index in [0.717, 1.165) is 0 Å². The van der Waals surface area contributed by atoms with Crippen molar-refractivity contribution in [2.24, 2.45) is 5.92 Å². The lowest BCUT2D eigenvalue weighted by molar-refractivity contribution is -0.141. The van der Waals surface area contributed by atoms with Crippen LogP contribution in [0.4, 0.5) is 0 Å². The summed E-state index contributed by atoms with van der Waals surface area (Å²) in [7, 11) is 1.36. The largest absolute Gasteiger partial charge is 0.469 e. The van der Waals surface area contributed by atoms with Gasteiger partial charge >= 0.3 is 5.97 Å². The lowest BCUT2D eigenvalue weighted by Gasteiger charge is -2.10. The van der Waals surface area contributed by atoms with Crippen molar-refractivity contribution in [3.8, 4) is 0 Å². The molecule has 0 saturated carbocycles. The minimum absolute atomic E-state index is 0.101. The van der Waals surface area contributed by atoms with Crippen LogP contribution in [0, 0.1) is 5.92 Å². The van der Waals surface area contributed by atoms with Crippen LogP contribution in [0.15, 0.2) is 0 Å². The molecule has 12 heavy (non-hydrogen) atoms. The van der Waals surface area contributed by atoms with Gasteiger partial charge in [0.25, 0.3) is 0 Å². The summed E-state index contributed by atoms with van der Waals surface area (Å²) in [5.74, 6) is -0.127. The van der Waals surface area contributed by atoms with Gasteiger partial charge in [0.05, 0.1) is 26.4 Å². The maximum atomic E-state index is 10.7. The molecule has 1 aliphatic heterocycles. The van der Waals surface area contributed by atoms with Crippen LogP contribution in [0.25, 0.3) is 0 Å². The number of aliphatic hydroxyl groups is 1. The predicted octanol–water partition coefficient (Wildman–Crippen LogP) is -0.0531. The zero-order valence-electron chi connectivity index (χ0n) is 7.16. The zero-order chi connectivity index (χ0) is 8.97. The number of esters is 1. The van der Waals surface area contributed by atoms with Crippen molar-refractivity contribution in [1.82, 2.24) is 0 Å². The molecule has 1 rings (SSSR count). The first-order valence-electron chi connectivity index (χ1n) is 4.06. The number of hydrogen-bond acceptors (Lipinski definition) is 4. The zero-order valence-corrected chi connectivity index (χ0v) is 7.16. The maximum absolute atomic E-state index is 10.7. The van der Waals surface area contributed by atoms with Crippen molar-refractivity contribution in [2.75, 3.05) is 20.3 Å². The molecule has 1 fully saturated rings. The molecule has 0 amide bonds. The highest BCUT2D eigenvalue weighted by molar-refractivity contribution is 5.69. The van der Waals surface area contributed by atoms with Gasteiger partial charge in [0.1, 0.15) is 0 Å². The van der Waals surface area contributed by atoms with Gasteiger partial charge in [-0.3, -0.25) is 4.79 Å². The summed E-state index contributed by atoms with van der Waals surface area (Å²) in [6.45, 7) is 0.948. The van der Waals surface area contributed by atoms with Crippen LogP contribution in [-0.2, 0) is 14.3 Å². The summed E-state index contributed by atoms with van der Waals surface area (Å²) in [5, 5.41) is 9.30. The van der Waals surface area contributed by atoms with E-state index in [1.54, 1.807) is 0 Å². The third kappa shape index (κ3) is 2.46.